The quantitative estimate of drug-likeness (QED) is 0.274. The van der Waals surface area contributed by atoms with Crippen LogP contribution in [0.15, 0.2) is 54.9 Å². The molecule has 2 aliphatic heterocycles. The van der Waals surface area contributed by atoms with Crippen LogP contribution < -0.4 is 9.64 Å². The maximum atomic E-state index is 14.7. The third-order valence-electron chi connectivity index (χ3n) is 7.23. The van der Waals surface area contributed by atoms with E-state index in [2.05, 4.69) is 16.0 Å². The number of benzene rings is 2. The van der Waals surface area contributed by atoms with Crippen molar-refractivity contribution in [2.75, 3.05) is 18.6 Å². The summed E-state index contributed by atoms with van der Waals surface area (Å²) >= 11 is 7.56. The molecular formula is C29H21ClF2N6O3S. The minimum absolute atomic E-state index is 0.0178. The van der Waals surface area contributed by atoms with Crippen molar-refractivity contribution >= 4 is 56.9 Å². The molecule has 9 nitrogen and oxygen atoms in total. The number of hydrogen-bond acceptors (Lipinski definition) is 7. The number of nitriles is 1. The number of methoxy groups -OCH3 is 1. The fourth-order valence-electron chi connectivity index (χ4n) is 5.28. The van der Waals surface area contributed by atoms with Crippen LogP contribution >= 0.6 is 23.4 Å². The average Bonchev–Trinajstić information content (AvgIpc) is 3.56. The molecule has 0 spiro atoms. The number of halogens is 3. The Morgan fingerprint density at radius 1 is 1.14 bits per heavy atom. The lowest BCUT2D eigenvalue weighted by molar-refractivity contribution is -0.119. The number of thioether (sulfide) groups is 1. The second kappa shape index (κ2) is 10.7. The van der Waals surface area contributed by atoms with Crippen LogP contribution in [0, 0.1) is 23.0 Å². The van der Waals surface area contributed by atoms with E-state index in [1.807, 2.05) is 0 Å². The van der Waals surface area contributed by atoms with Crippen LogP contribution in [0.25, 0.3) is 27.3 Å². The normalized spacial score (nSPS) is 18.3. The maximum Gasteiger partial charge on any atom is 0.332 e. The molecule has 4 heterocycles. The number of imide groups is 1. The minimum atomic E-state index is -0.793. The molecule has 2 unspecified atom stereocenters. The highest BCUT2D eigenvalue weighted by atomic mass is 35.5. The summed E-state index contributed by atoms with van der Waals surface area (Å²) in [4.78, 5) is 39.9. The van der Waals surface area contributed by atoms with Gasteiger partial charge >= 0.3 is 6.03 Å². The SMILES string of the molecule is COc1cc(C2=CC3C(S2)C(=O)N(c2cncc4nc(-c5ccccc5F)n(C)c24)C(=O)N3CCC#N)c(Cl)cc1F. The predicted octanol–water partition coefficient (Wildman–Crippen LogP) is 5.78. The molecule has 2 aromatic heterocycles. The van der Waals surface area contributed by atoms with Crippen LogP contribution in [0.5, 0.6) is 5.75 Å². The summed E-state index contributed by atoms with van der Waals surface area (Å²) in [6.45, 7) is 0.0559. The molecule has 42 heavy (non-hydrogen) atoms. The number of ether oxygens (including phenoxy) is 1. The molecule has 6 rings (SSSR count). The summed E-state index contributed by atoms with van der Waals surface area (Å²) in [6.07, 6.45) is 4.63. The number of pyridine rings is 1. The first-order chi connectivity index (χ1) is 20.2. The Kier molecular flexibility index (Phi) is 7.08. The van der Waals surface area contributed by atoms with E-state index < -0.39 is 34.9 Å². The fraction of sp³-hybridized carbons (Fsp3) is 0.207. The molecule has 1 saturated heterocycles. The molecule has 0 N–H and O–H groups in total. The summed E-state index contributed by atoms with van der Waals surface area (Å²) in [5.74, 6) is -1.34. The van der Waals surface area contributed by atoms with Crippen molar-refractivity contribution in [3.8, 4) is 23.2 Å². The minimum Gasteiger partial charge on any atom is -0.494 e. The first kappa shape index (κ1) is 27.7. The molecule has 0 aliphatic carbocycles. The number of anilines is 1. The summed E-state index contributed by atoms with van der Waals surface area (Å²) < 4.78 is 35.7. The Morgan fingerprint density at radius 3 is 2.67 bits per heavy atom. The van der Waals surface area contributed by atoms with E-state index in [1.165, 1.54) is 48.3 Å². The molecule has 1 fully saturated rings. The van der Waals surface area contributed by atoms with E-state index in [1.54, 1.807) is 35.9 Å². The lowest BCUT2D eigenvalue weighted by atomic mass is 10.0. The van der Waals surface area contributed by atoms with Crippen molar-refractivity contribution in [2.45, 2.75) is 17.7 Å². The van der Waals surface area contributed by atoms with Crippen molar-refractivity contribution in [1.29, 1.82) is 5.26 Å². The zero-order valence-corrected chi connectivity index (χ0v) is 23.8. The van der Waals surface area contributed by atoms with Crippen LogP contribution in [0.2, 0.25) is 5.02 Å². The molecule has 0 radical (unpaired) electrons. The Labute approximate surface area is 248 Å². The van der Waals surface area contributed by atoms with Crippen LogP contribution in [0.1, 0.15) is 12.0 Å². The van der Waals surface area contributed by atoms with E-state index in [0.29, 0.717) is 27.3 Å². The molecule has 0 bridgehead atoms. The van der Waals surface area contributed by atoms with Gasteiger partial charge < -0.3 is 14.2 Å². The first-order valence-corrected chi connectivity index (χ1v) is 14.0. The summed E-state index contributed by atoms with van der Waals surface area (Å²) in [5.41, 5.74) is 1.65. The van der Waals surface area contributed by atoms with Gasteiger partial charge in [-0.3, -0.25) is 9.78 Å². The molecule has 3 amide bonds. The summed E-state index contributed by atoms with van der Waals surface area (Å²) in [5, 5.41) is 8.64. The van der Waals surface area contributed by atoms with Gasteiger partial charge in [0.25, 0.3) is 5.91 Å². The van der Waals surface area contributed by atoms with Crippen molar-refractivity contribution < 1.29 is 23.1 Å². The van der Waals surface area contributed by atoms with Crippen molar-refractivity contribution in [1.82, 2.24) is 19.4 Å². The van der Waals surface area contributed by atoms with Crippen molar-refractivity contribution in [2.24, 2.45) is 7.05 Å². The number of carbonyl (C=O) groups excluding carboxylic acids is 2. The molecule has 2 aromatic carbocycles. The van der Waals surface area contributed by atoms with E-state index in [9.17, 15) is 23.6 Å². The van der Waals surface area contributed by atoms with Crippen LogP contribution in [0.4, 0.5) is 19.3 Å². The Hall–Kier alpha value is -4.47. The van der Waals surface area contributed by atoms with Gasteiger partial charge in [-0.25, -0.2) is 23.5 Å². The van der Waals surface area contributed by atoms with Crippen molar-refractivity contribution in [3.05, 3.63) is 77.1 Å². The van der Waals surface area contributed by atoms with E-state index in [0.717, 1.165) is 11.0 Å². The zero-order valence-electron chi connectivity index (χ0n) is 22.2. The number of amides is 3. The smallest absolute Gasteiger partial charge is 0.332 e. The zero-order chi connectivity index (χ0) is 29.7. The lowest BCUT2D eigenvalue weighted by Gasteiger charge is -2.40. The second-order valence-electron chi connectivity index (χ2n) is 9.58. The van der Waals surface area contributed by atoms with E-state index in [4.69, 9.17) is 16.3 Å². The number of aromatic nitrogens is 3. The van der Waals surface area contributed by atoms with Gasteiger partial charge in [-0.1, -0.05) is 23.7 Å². The fourth-order valence-corrected chi connectivity index (χ4v) is 6.95. The predicted molar refractivity (Wildman–Crippen MR) is 155 cm³/mol. The standard InChI is InChI=1S/C29H21ClF2N6O3S/c1-36-25-20(35-27(36)15-6-3-4-7-18(15)31)13-34-14-22(25)38-28(39)26-21(37(29(38)40)9-5-8-33)12-24(42-26)16-10-23(41-2)19(32)11-17(16)30/h3-4,6-7,10-14,21,26H,5,9H2,1-2H3. The number of fused-ring (bicyclic) bond motifs is 2. The summed E-state index contributed by atoms with van der Waals surface area (Å²) in [6, 6.07) is 9.48. The Morgan fingerprint density at radius 2 is 1.93 bits per heavy atom. The lowest BCUT2D eigenvalue weighted by Crippen LogP contribution is -2.62. The van der Waals surface area contributed by atoms with Gasteiger partial charge in [0, 0.05) is 24.1 Å². The maximum absolute atomic E-state index is 14.7. The van der Waals surface area contributed by atoms with Gasteiger partial charge in [0.1, 0.15) is 22.4 Å². The highest BCUT2D eigenvalue weighted by Crippen LogP contribution is 2.48. The molecule has 212 valence electrons. The monoisotopic (exact) mass is 606 g/mol. The van der Waals surface area contributed by atoms with Gasteiger partial charge in [0.2, 0.25) is 0 Å². The van der Waals surface area contributed by atoms with E-state index in [-0.39, 0.29) is 35.0 Å². The van der Waals surface area contributed by atoms with Gasteiger partial charge in [-0.2, -0.15) is 5.26 Å². The largest absolute Gasteiger partial charge is 0.494 e. The highest BCUT2D eigenvalue weighted by molar-refractivity contribution is 8.09. The summed E-state index contributed by atoms with van der Waals surface area (Å²) in [7, 11) is 3.00. The number of hydrogen-bond donors (Lipinski definition) is 0. The number of carbonyl (C=O) groups is 2. The molecule has 2 atom stereocenters. The van der Waals surface area contributed by atoms with Crippen LogP contribution in [-0.2, 0) is 11.8 Å². The molecule has 0 saturated carbocycles. The van der Waals surface area contributed by atoms with Gasteiger partial charge in [0.05, 0.1) is 59.8 Å². The molecule has 2 aliphatic rings. The molecule has 4 aromatic rings. The van der Waals surface area contributed by atoms with Gasteiger partial charge in [0.15, 0.2) is 11.6 Å². The Balaban J connectivity index is 1.45. The highest BCUT2D eigenvalue weighted by Gasteiger charge is 2.50. The first-order valence-electron chi connectivity index (χ1n) is 12.7. The average molecular weight is 607 g/mol. The number of imidazole rings is 1. The van der Waals surface area contributed by atoms with E-state index >= 15 is 0 Å². The number of nitrogens with zero attached hydrogens (tertiary/aromatic N) is 6. The van der Waals surface area contributed by atoms with Crippen LogP contribution in [-0.4, -0.2) is 56.3 Å². The van der Waals surface area contributed by atoms with Crippen molar-refractivity contribution in [3.63, 3.8) is 0 Å². The Bertz CT molecular complexity index is 1860. The van der Waals surface area contributed by atoms with Gasteiger partial charge in [-0.15, -0.1) is 11.8 Å². The molecule has 13 heteroatoms. The number of rotatable bonds is 6. The van der Waals surface area contributed by atoms with Gasteiger partial charge in [-0.05, 0) is 30.3 Å². The number of urea groups is 1. The number of aryl methyl sites for hydroxylation is 1. The molecular weight excluding hydrogens is 586 g/mol. The third-order valence-corrected chi connectivity index (χ3v) is 8.89. The second-order valence-corrected chi connectivity index (χ2v) is 11.2. The topological polar surface area (TPSA) is 104 Å². The third kappa shape index (κ3) is 4.36. The van der Waals surface area contributed by atoms with Crippen LogP contribution in [0.3, 0.4) is 0 Å².